The number of likely N-dealkylation sites (tertiary alicyclic amines) is 1. The molecule has 1 aromatic rings. The van der Waals surface area contributed by atoms with Crippen molar-refractivity contribution >= 4 is 24.8 Å². The summed E-state index contributed by atoms with van der Waals surface area (Å²) >= 11 is 0. The van der Waals surface area contributed by atoms with Crippen LogP contribution >= 0.6 is 7.92 Å². The smallest absolute Gasteiger partial charge is 0.224 e. The van der Waals surface area contributed by atoms with E-state index in [0.29, 0.717) is 13.0 Å². The van der Waals surface area contributed by atoms with E-state index in [0.717, 1.165) is 48.3 Å². The minimum absolute atomic E-state index is 0.0477. The van der Waals surface area contributed by atoms with Crippen LogP contribution in [0.25, 0.3) is 0 Å². The zero-order chi connectivity index (χ0) is 22.7. The van der Waals surface area contributed by atoms with Crippen LogP contribution in [0.15, 0.2) is 66.0 Å². The number of amides is 1. The summed E-state index contributed by atoms with van der Waals surface area (Å²) in [6.45, 7) is 9.77. The topological polar surface area (TPSA) is 56.4 Å². The van der Waals surface area contributed by atoms with Crippen molar-refractivity contribution in [3.8, 4) is 12.3 Å². The van der Waals surface area contributed by atoms with Crippen molar-refractivity contribution in [2.45, 2.75) is 31.5 Å². The Morgan fingerprint density at radius 3 is 3.03 bits per heavy atom. The van der Waals surface area contributed by atoms with Gasteiger partial charge in [0.25, 0.3) is 0 Å². The standard InChI is InChI=1S/C26H31N4OP/c1-5-6-20(14-28-23-8-7-22-16-32(17-27-4)25(22)13-23)12-21-11-18(2)30(15-21)24-9-10-26(31)29-19(24)3/h1,6-8,12-13,24,27-28H,2-3,9-11,14-17H2,4H3,(H,29,31)/b20-6+,21-12+. The SMILES string of the molecule is C#C/C=C(\C=C1/CC(=C)N(C2CCC(=O)NC2=C)C1)CNc1ccc2c(c1)P(CNC)C2. The van der Waals surface area contributed by atoms with Gasteiger partial charge in [-0.15, -0.1) is 6.42 Å². The van der Waals surface area contributed by atoms with E-state index < -0.39 is 0 Å². The number of allylic oxidation sites excluding steroid dienone is 2. The summed E-state index contributed by atoms with van der Waals surface area (Å²) in [6, 6.07) is 6.81. The van der Waals surface area contributed by atoms with Gasteiger partial charge in [0.1, 0.15) is 0 Å². The molecule has 6 heteroatoms. The Labute approximate surface area is 192 Å². The summed E-state index contributed by atoms with van der Waals surface area (Å²) in [5.74, 6) is 2.73. The number of piperidine rings is 1. The fourth-order valence-corrected chi connectivity index (χ4v) is 6.77. The molecule has 0 bridgehead atoms. The highest BCUT2D eigenvalue weighted by molar-refractivity contribution is 7.67. The average molecular weight is 447 g/mol. The third kappa shape index (κ3) is 4.83. The van der Waals surface area contributed by atoms with Crippen LogP contribution in [-0.2, 0) is 11.0 Å². The molecule has 166 valence electrons. The first kappa shape index (κ1) is 22.4. The molecule has 3 N–H and O–H groups in total. The second-order valence-electron chi connectivity index (χ2n) is 8.59. The molecular formula is C26H31N4OP. The molecule has 4 rings (SSSR count). The molecule has 0 aliphatic carbocycles. The lowest BCUT2D eigenvalue weighted by Crippen LogP contribution is -2.44. The Balaban J connectivity index is 1.40. The summed E-state index contributed by atoms with van der Waals surface area (Å²) in [5, 5.41) is 11.2. The number of carbonyl (C=O) groups is 1. The summed E-state index contributed by atoms with van der Waals surface area (Å²) in [7, 11) is 1.96. The molecule has 2 unspecified atom stereocenters. The van der Waals surface area contributed by atoms with Crippen LogP contribution in [-0.4, -0.2) is 43.3 Å². The maximum absolute atomic E-state index is 11.6. The Hall–Kier alpha value is -2.80. The number of hydrogen-bond donors (Lipinski definition) is 3. The molecular weight excluding hydrogens is 415 g/mol. The van der Waals surface area contributed by atoms with Crippen molar-refractivity contribution in [3.63, 3.8) is 0 Å². The number of anilines is 1. The molecule has 0 spiro atoms. The minimum Gasteiger partial charge on any atom is -0.381 e. The first-order chi connectivity index (χ1) is 15.5. The average Bonchev–Trinajstić information content (AvgIpc) is 3.10. The molecule has 5 nitrogen and oxygen atoms in total. The van der Waals surface area contributed by atoms with E-state index in [9.17, 15) is 4.79 Å². The van der Waals surface area contributed by atoms with Gasteiger partial charge in [-0.25, -0.2) is 0 Å². The van der Waals surface area contributed by atoms with Gasteiger partial charge in [-0.1, -0.05) is 39.1 Å². The van der Waals surface area contributed by atoms with Crippen LogP contribution in [0.1, 0.15) is 24.8 Å². The fourth-order valence-electron chi connectivity index (χ4n) is 4.64. The third-order valence-electron chi connectivity index (χ3n) is 6.23. The number of rotatable bonds is 7. The second kappa shape index (κ2) is 9.77. The van der Waals surface area contributed by atoms with Gasteiger partial charge >= 0.3 is 0 Å². The zero-order valence-corrected chi connectivity index (χ0v) is 19.6. The first-order valence-corrected chi connectivity index (χ1v) is 12.7. The van der Waals surface area contributed by atoms with Crippen molar-refractivity contribution in [2.24, 2.45) is 0 Å². The zero-order valence-electron chi connectivity index (χ0n) is 18.7. The van der Waals surface area contributed by atoms with Crippen molar-refractivity contribution in [2.75, 3.05) is 31.7 Å². The molecule has 2 saturated heterocycles. The van der Waals surface area contributed by atoms with E-state index in [4.69, 9.17) is 6.42 Å². The highest BCUT2D eigenvalue weighted by Crippen LogP contribution is 2.47. The lowest BCUT2D eigenvalue weighted by Gasteiger charge is -2.34. The molecule has 0 saturated carbocycles. The van der Waals surface area contributed by atoms with Crippen LogP contribution in [0.5, 0.6) is 0 Å². The molecule has 3 heterocycles. The number of hydrogen-bond acceptors (Lipinski definition) is 4. The highest BCUT2D eigenvalue weighted by atomic mass is 31.1. The lowest BCUT2D eigenvalue weighted by atomic mass is 10.0. The van der Waals surface area contributed by atoms with Gasteiger partial charge in [-0.05, 0) is 59.9 Å². The van der Waals surface area contributed by atoms with Gasteiger partial charge in [0, 0.05) is 49.3 Å². The van der Waals surface area contributed by atoms with Crippen molar-refractivity contribution in [3.05, 3.63) is 71.6 Å². The number of nitrogens with one attached hydrogen (secondary N) is 3. The van der Waals surface area contributed by atoms with E-state index in [1.54, 1.807) is 0 Å². The van der Waals surface area contributed by atoms with E-state index in [2.05, 4.69) is 64.2 Å². The van der Waals surface area contributed by atoms with E-state index in [1.807, 2.05) is 13.1 Å². The first-order valence-electron chi connectivity index (χ1n) is 11.0. The predicted molar refractivity (Wildman–Crippen MR) is 135 cm³/mol. The van der Waals surface area contributed by atoms with Gasteiger partial charge in [-0.2, -0.15) is 0 Å². The van der Waals surface area contributed by atoms with Crippen LogP contribution in [0.4, 0.5) is 5.69 Å². The molecule has 1 amide bonds. The number of fused-ring (bicyclic) bond motifs is 1. The van der Waals surface area contributed by atoms with Gasteiger partial charge in [-0.3, -0.25) is 4.79 Å². The minimum atomic E-state index is -0.0554. The summed E-state index contributed by atoms with van der Waals surface area (Å²) in [5.41, 5.74) is 6.80. The number of carbonyl (C=O) groups excluding carboxylic acids is 1. The Morgan fingerprint density at radius 2 is 2.28 bits per heavy atom. The molecule has 32 heavy (non-hydrogen) atoms. The number of benzene rings is 1. The quantitative estimate of drug-likeness (QED) is 0.444. The Morgan fingerprint density at radius 1 is 1.44 bits per heavy atom. The van der Waals surface area contributed by atoms with Gasteiger partial charge in [0.15, 0.2) is 0 Å². The van der Waals surface area contributed by atoms with E-state index in [-0.39, 0.29) is 19.9 Å². The maximum atomic E-state index is 11.6. The van der Waals surface area contributed by atoms with Crippen molar-refractivity contribution in [1.29, 1.82) is 0 Å². The van der Waals surface area contributed by atoms with E-state index >= 15 is 0 Å². The van der Waals surface area contributed by atoms with E-state index in [1.165, 1.54) is 22.6 Å². The number of nitrogens with zero attached hydrogens (tertiary/aromatic N) is 1. The van der Waals surface area contributed by atoms with Crippen molar-refractivity contribution < 1.29 is 4.79 Å². The van der Waals surface area contributed by atoms with Crippen LogP contribution in [0, 0.1) is 12.3 Å². The van der Waals surface area contributed by atoms with Gasteiger partial charge < -0.3 is 20.9 Å². The lowest BCUT2D eigenvalue weighted by molar-refractivity contribution is -0.121. The summed E-state index contributed by atoms with van der Waals surface area (Å²) < 4.78 is 0. The van der Waals surface area contributed by atoms with Gasteiger partial charge in [0.2, 0.25) is 5.91 Å². The molecule has 3 aliphatic heterocycles. The summed E-state index contributed by atoms with van der Waals surface area (Å²) in [6.07, 6.45) is 14.1. The molecule has 2 atom stereocenters. The maximum Gasteiger partial charge on any atom is 0.224 e. The molecule has 1 aromatic carbocycles. The molecule has 2 fully saturated rings. The van der Waals surface area contributed by atoms with Crippen LogP contribution in [0.2, 0.25) is 0 Å². The Bertz CT molecular complexity index is 1050. The number of terminal acetylenes is 1. The molecule has 0 radical (unpaired) electrons. The fraction of sp³-hybridized carbons (Fsp3) is 0.346. The van der Waals surface area contributed by atoms with Gasteiger partial charge in [0.05, 0.1) is 6.04 Å². The highest BCUT2D eigenvalue weighted by Gasteiger charge is 2.32. The second-order valence-corrected chi connectivity index (χ2v) is 10.8. The summed E-state index contributed by atoms with van der Waals surface area (Å²) in [4.78, 5) is 13.9. The Kier molecular flexibility index (Phi) is 6.84. The molecule has 3 aliphatic rings. The monoisotopic (exact) mass is 446 g/mol. The normalized spacial score (nSPS) is 24.1. The van der Waals surface area contributed by atoms with Crippen LogP contribution in [0.3, 0.4) is 0 Å². The van der Waals surface area contributed by atoms with Crippen molar-refractivity contribution in [1.82, 2.24) is 15.5 Å². The molecule has 0 aromatic heterocycles. The largest absolute Gasteiger partial charge is 0.381 e. The predicted octanol–water partition coefficient (Wildman–Crippen LogP) is 3.39. The van der Waals surface area contributed by atoms with Crippen LogP contribution < -0.4 is 21.3 Å². The third-order valence-corrected chi connectivity index (χ3v) is 8.74.